The molecule has 1 aromatic heterocycles. The Bertz CT molecular complexity index is 2120. The Morgan fingerprint density at radius 2 is 1.48 bits per heavy atom. The Balaban J connectivity index is 1.50. The van der Waals surface area contributed by atoms with Gasteiger partial charge in [-0.2, -0.15) is 0 Å². The van der Waals surface area contributed by atoms with E-state index in [1.54, 1.807) is 30.5 Å². The molecule has 64 heavy (non-hydrogen) atoms. The average Bonchev–Trinajstić information content (AvgIpc) is 3.93. The molecule has 18 nitrogen and oxygen atoms in total. The molecule has 346 valence electrons. The minimum Gasteiger partial charge on any atom is -0.370 e. The fraction of sp³-hybridized carbons (Fsp3) is 0.500. The van der Waals surface area contributed by atoms with Crippen molar-refractivity contribution in [3.8, 4) is 0 Å². The molecule has 0 aliphatic carbocycles. The van der Waals surface area contributed by atoms with E-state index < -0.39 is 71.7 Å². The summed E-state index contributed by atoms with van der Waals surface area (Å²) in [6.07, 6.45) is 5.84. The highest BCUT2D eigenvalue weighted by molar-refractivity contribution is 8.76. The van der Waals surface area contributed by atoms with Crippen LogP contribution in [0.1, 0.15) is 75.8 Å². The van der Waals surface area contributed by atoms with Crippen LogP contribution in [-0.2, 0) is 46.4 Å². The van der Waals surface area contributed by atoms with Crippen LogP contribution in [-0.4, -0.2) is 118 Å². The van der Waals surface area contributed by atoms with E-state index in [2.05, 4.69) is 36.6 Å². The molecule has 0 radical (unpaired) electrons. The van der Waals surface area contributed by atoms with Crippen LogP contribution in [0.25, 0.3) is 10.9 Å². The summed E-state index contributed by atoms with van der Waals surface area (Å²) in [5, 5.41) is 15.0. The molecule has 1 unspecified atom stereocenters. The van der Waals surface area contributed by atoms with Crippen LogP contribution in [0, 0.1) is 0 Å². The largest absolute Gasteiger partial charge is 0.370 e. The number of carbonyl (C=O) groups is 7. The van der Waals surface area contributed by atoms with Crippen LogP contribution in [0.3, 0.4) is 0 Å². The van der Waals surface area contributed by atoms with Crippen molar-refractivity contribution >= 4 is 79.8 Å². The van der Waals surface area contributed by atoms with Gasteiger partial charge in [0.1, 0.15) is 36.3 Å². The first-order chi connectivity index (χ1) is 30.8. The zero-order chi connectivity index (χ0) is 46.0. The van der Waals surface area contributed by atoms with E-state index >= 15 is 0 Å². The SMILES string of the molecule is CCCCCC(=O)NC1CCSSC[C@@H](C(N)=O)NC(=O)[C@H](Cc2c[nH]c3ccccc23)NC(=O)[C@H](CCCN=C(N)N)NC(=O)[C@@H](Cc2ccccc2)NC(=O)[C@@H]2CCCN2C1=O. The molecule has 0 saturated carbocycles. The Labute approximate surface area is 381 Å². The summed E-state index contributed by atoms with van der Waals surface area (Å²) in [6.45, 7) is 2.44. The van der Waals surface area contributed by atoms with Crippen molar-refractivity contribution < 1.29 is 33.6 Å². The van der Waals surface area contributed by atoms with Crippen molar-refractivity contribution in [2.24, 2.45) is 22.2 Å². The highest BCUT2D eigenvalue weighted by atomic mass is 33.1. The number of aliphatic imine (C=N–C) groups is 1. The molecule has 7 amide bonds. The van der Waals surface area contributed by atoms with Crippen molar-refractivity contribution in [3.63, 3.8) is 0 Å². The summed E-state index contributed by atoms with van der Waals surface area (Å²) >= 11 is 0. The number of hydrogen-bond acceptors (Lipinski definition) is 10. The summed E-state index contributed by atoms with van der Waals surface area (Å²) < 4.78 is 0. The van der Waals surface area contributed by atoms with Crippen LogP contribution < -0.4 is 43.8 Å². The second-order valence-corrected chi connectivity index (χ2v) is 18.6. The fourth-order valence-electron chi connectivity index (χ4n) is 7.74. The zero-order valence-electron chi connectivity index (χ0n) is 36.1. The molecule has 12 N–H and O–H groups in total. The Kier molecular flexibility index (Phi) is 19.2. The summed E-state index contributed by atoms with van der Waals surface area (Å²) in [6, 6.07) is 9.82. The van der Waals surface area contributed by atoms with E-state index in [1.807, 2.05) is 37.3 Å². The number of nitrogens with two attached hydrogens (primary N) is 3. The van der Waals surface area contributed by atoms with Crippen molar-refractivity contribution in [1.29, 1.82) is 0 Å². The number of primary amides is 1. The standard InChI is InChI=1S/C44H61N11O7S2/c1-2-3-5-18-37(56)50-32-19-22-63-64-26-35(38(45)57)54-41(60)34(24-28-25-49-30-15-9-8-14-29(28)30)52-39(58)31(16-10-20-48-44(46)47)51-40(59)33(23-27-12-6-4-7-13-27)53-42(61)36-17-11-21-55(36)43(32)62/h4,6-9,12-15,25,31-36,49H,2-3,5,10-11,16-24,26H2,1H3,(H2,45,57)(H,50,56)(H,51,59)(H,52,58)(H,53,61)(H,54,60)(H4,46,47,48)/t31-,32?,33+,34-,35-,36-/m0/s1. The molecule has 2 saturated heterocycles. The van der Waals surface area contributed by atoms with Gasteiger partial charge in [0, 0.05) is 61.0 Å². The number of nitrogens with zero attached hydrogens (tertiary/aromatic N) is 2. The molecular formula is C44H61N11O7S2. The van der Waals surface area contributed by atoms with Crippen molar-refractivity contribution in [1.82, 2.24) is 36.5 Å². The third-order valence-corrected chi connectivity index (χ3v) is 13.6. The lowest BCUT2D eigenvalue weighted by atomic mass is 10.0. The van der Waals surface area contributed by atoms with E-state index in [4.69, 9.17) is 17.2 Å². The molecule has 2 aliphatic heterocycles. The highest BCUT2D eigenvalue weighted by Gasteiger charge is 2.39. The van der Waals surface area contributed by atoms with Crippen LogP contribution in [0.5, 0.6) is 0 Å². The lowest BCUT2D eigenvalue weighted by molar-refractivity contribution is -0.142. The number of carbonyl (C=O) groups excluding carboxylic acids is 7. The van der Waals surface area contributed by atoms with Gasteiger partial charge in [0.05, 0.1) is 0 Å². The first-order valence-corrected chi connectivity index (χ1v) is 24.3. The molecule has 2 fully saturated rings. The Morgan fingerprint density at radius 3 is 2.23 bits per heavy atom. The first kappa shape index (κ1) is 49.3. The molecule has 2 aliphatic rings. The van der Waals surface area contributed by atoms with Gasteiger partial charge in [0.25, 0.3) is 0 Å². The van der Waals surface area contributed by atoms with Crippen molar-refractivity contribution in [3.05, 3.63) is 71.9 Å². The molecule has 0 bridgehead atoms. The summed E-state index contributed by atoms with van der Waals surface area (Å²) in [5.41, 5.74) is 19.2. The molecule has 5 rings (SSSR count). The van der Waals surface area contributed by atoms with Gasteiger partial charge in [-0.15, -0.1) is 0 Å². The van der Waals surface area contributed by atoms with Crippen LogP contribution >= 0.6 is 21.6 Å². The average molecular weight is 920 g/mol. The normalized spacial score (nSPS) is 23.1. The minimum absolute atomic E-state index is 0.00773. The van der Waals surface area contributed by atoms with E-state index in [0.717, 1.165) is 29.3 Å². The number of rotatable bonds is 14. The smallest absolute Gasteiger partial charge is 0.245 e. The maximum absolute atomic E-state index is 14.4. The number of unbranched alkanes of at least 4 members (excludes halogenated alkanes) is 2. The molecule has 0 spiro atoms. The Hall–Kier alpha value is -5.76. The summed E-state index contributed by atoms with van der Waals surface area (Å²) in [4.78, 5) is 106. The first-order valence-electron chi connectivity index (χ1n) is 21.8. The zero-order valence-corrected chi connectivity index (χ0v) is 37.8. The number of hydrogen-bond donors (Lipinski definition) is 9. The van der Waals surface area contributed by atoms with E-state index in [1.165, 1.54) is 26.5 Å². The summed E-state index contributed by atoms with van der Waals surface area (Å²) in [5.74, 6) is -3.83. The third kappa shape index (κ3) is 14.6. The van der Waals surface area contributed by atoms with Crippen LogP contribution in [0.15, 0.2) is 65.8 Å². The predicted molar refractivity (Wildman–Crippen MR) is 249 cm³/mol. The number of para-hydroxylation sites is 1. The van der Waals surface area contributed by atoms with E-state index in [0.29, 0.717) is 30.6 Å². The van der Waals surface area contributed by atoms with Gasteiger partial charge in [-0.25, -0.2) is 0 Å². The number of amides is 7. The second kappa shape index (κ2) is 24.9. The summed E-state index contributed by atoms with van der Waals surface area (Å²) in [7, 11) is 2.60. The molecule has 3 heterocycles. The lowest BCUT2D eigenvalue weighted by Crippen LogP contribution is -2.60. The highest BCUT2D eigenvalue weighted by Crippen LogP contribution is 2.26. The van der Waals surface area contributed by atoms with Crippen molar-refractivity contribution in [2.75, 3.05) is 24.6 Å². The van der Waals surface area contributed by atoms with Gasteiger partial charge < -0.3 is 53.7 Å². The van der Waals surface area contributed by atoms with Gasteiger partial charge in [-0.3, -0.25) is 38.6 Å². The van der Waals surface area contributed by atoms with Gasteiger partial charge in [0.2, 0.25) is 41.4 Å². The van der Waals surface area contributed by atoms with Gasteiger partial charge >= 0.3 is 0 Å². The number of guanidine groups is 1. The molecule has 3 aromatic rings. The number of H-pyrrole nitrogens is 1. The van der Waals surface area contributed by atoms with E-state index in [-0.39, 0.29) is 69.2 Å². The third-order valence-electron chi connectivity index (χ3n) is 11.2. The topological polar surface area (TPSA) is 289 Å². The van der Waals surface area contributed by atoms with Gasteiger partial charge in [-0.1, -0.05) is 89.9 Å². The molecular weight excluding hydrogens is 859 g/mol. The number of fused-ring (bicyclic) bond motifs is 2. The molecule has 6 atom stereocenters. The number of aromatic amines is 1. The number of nitrogens with one attached hydrogen (secondary N) is 6. The monoisotopic (exact) mass is 919 g/mol. The van der Waals surface area contributed by atoms with Gasteiger partial charge in [0.15, 0.2) is 5.96 Å². The maximum atomic E-state index is 14.4. The van der Waals surface area contributed by atoms with Crippen LogP contribution in [0.2, 0.25) is 0 Å². The van der Waals surface area contributed by atoms with E-state index in [9.17, 15) is 33.6 Å². The number of aromatic nitrogens is 1. The molecule has 20 heteroatoms. The van der Waals surface area contributed by atoms with Gasteiger partial charge in [-0.05, 0) is 55.7 Å². The maximum Gasteiger partial charge on any atom is 0.245 e. The minimum atomic E-state index is -1.24. The molecule has 2 aromatic carbocycles. The Morgan fingerprint density at radius 1 is 0.797 bits per heavy atom. The predicted octanol–water partition coefficient (Wildman–Crippen LogP) is 1.27. The second-order valence-electron chi connectivity index (χ2n) is 16.0. The quantitative estimate of drug-likeness (QED) is 0.0481. The van der Waals surface area contributed by atoms with Crippen LogP contribution in [0.4, 0.5) is 0 Å². The number of benzene rings is 2. The fourth-order valence-corrected chi connectivity index (χ4v) is 10.0. The van der Waals surface area contributed by atoms with Crippen molar-refractivity contribution in [2.45, 2.75) is 114 Å². The lowest BCUT2D eigenvalue weighted by Gasteiger charge is -2.30.